The van der Waals surface area contributed by atoms with E-state index in [1.807, 2.05) is 42.5 Å². The van der Waals surface area contributed by atoms with E-state index in [2.05, 4.69) is 13.8 Å². The van der Waals surface area contributed by atoms with Crippen molar-refractivity contribution in [3.05, 3.63) is 88.7 Å². The molecule has 0 aliphatic heterocycles. The quantitative estimate of drug-likeness (QED) is 0.324. The fourth-order valence-corrected chi connectivity index (χ4v) is 5.23. The van der Waals surface area contributed by atoms with Crippen LogP contribution in [0.15, 0.2) is 60.7 Å². The average molecular weight is 497 g/mol. The Labute approximate surface area is 209 Å². The summed E-state index contributed by atoms with van der Waals surface area (Å²) in [7, 11) is 0. The van der Waals surface area contributed by atoms with Crippen molar-refractivity contribution in [1.82, 2.24) is 0 Å². The number of carbonyl (C=O) groups is 1. The smallest absolute Gasteiger partial charge is 0.303 e. The molecule has 0 heterocycles. The highest BCUT2D eigenvalue weighted by Gasteiger charge is 2.37. The molecule has 3 aromatic rings. The van der Waals surface area contributed by atoms with Crippen molar-refractivity contribution >= 4 is 5.97 Å². The predicted molar refractivity (Wildman–Crippen MR) is 134 cm³/mol. The van der Waals surface area contributed by atoms with Gasteiger partial charge in [0.25, 0.3) is 6.43 Å². The van der Waals surface area contributed by atoms with Crippen LogP contribution in [0.1, 0.15) is 74.1 Å². The maximum atomic E-state index is 14.9. The minimum Gasteiger partial charge on any atom is -0.489 e. The van der Waals surface area contributed by atoms with Crippen LogP contribution in [-0.2, 0) is 17.8 Å². The van der Waals surface area contributed by atoms with E-state index in [1.165, 1.54) is 6.07 Å². The molecule has 3 nitrogen and oxygen atoms in total. The van der Waals surface area contributed by atoms with Crippen molar-refractivity contribution < 1.29 is 27.8 Å². The number of hydrogen-bond acceptors (Lipinski definition) is 2. The van der Waals surface area contributed by atoms with E-state index in [0.717, 1.165) is 48.1 Å². The van der Waals surface area contributed by atoms with Gasteiger partial charge < -0.3 is 9.84 Å². The number of alkyl halides is 2. The van der Waals surface area contributed by atoms with Crippen molar-refractivity contribution in [3.63, 3.8) is 0 Å². The number of aryl methyl sites for hydroxylation is 1. The average Bonchev–Trinajstić information content (AvgIpc) is 3.20. The number of carboxylic acid groups (broad SMARTS) is 1. The molecular formula is C30H31F3O3. The lowest BCUT2D eigenvalue weighted by Gasteiger charge is -2.30. The molecule has 0 aromatic heterocycles. The number of benzene rings is 3. The fraction of sp³-hybridized carbons (Fsp3) is 0.367. The van der Waals surface area contributed by atoms with Crippen LogP contribution in [0, 0.1) is 11.2 Å². The highest BCUT2D eigenvalue weighted by atomic mass is 19.3. The van der Waals surface area contributed by atoms with Gasteiger partial charge in [-0.15, -0.1) is 0 Å². The molecule has 0 amide bonds. The van der Waals surface area contributed by atoms with E-state index in [4.69, 9.17) is 9.84 Å². The zero-order valence-electron chi connectivity index (χ0n) is 20.6. The minimum atomic E-state index is -2.67. The van der Waals surface area contributed by atoms with Crippen LogP contribution in [0.25, 0.3) is 11.1 Å². The Hall–Kier alpha value is -3.28. The van der Waals surface area contributed by atoms with Crippen LogP contribution in [-0.4, -0.2) is 11.1 Å². The lowest BCUT2D eigenvalue weighted by Crippen LogP contribution is -2.17. The topological polar surface area (TPSA) is 46.5 Å². The number of aliphatic carboxylic acids is 1. The number of carboxylic acids is 1. The van der Waals surface area contributed by atoms with Crippen molar-refractivity contribution in [2.75, 3.05) is 0 Å². The SMILES string of the molecule is CC1(C)CCCC1c1cc(COc2cccc(CCC(=O)O)c2)ccc1-c1cc(C(F)F)ccc1F. The highest BCUT2D eigenvalue weighted by molar-refractivity contribution is 5.70. The highest BCUT2D eigenvalue weighted by Crippen LogP contribution is 2.51. The van der Waals surface area contributed by atoms with Crippen LogP contribution < -0.4 is 4.74 Å². The van der Waals surface area contributed by atoms with Crippen molar-refractivity contribution in [2.45, 2.75) is 64.9 Å². The maximum Gasteiger partial charge on any atom is 0.303 e. The first-order valence-electron chi connectivity index (χ1n) is 12.3. The maximum absolute atomic E-state index is 14.9. The van der Waals surface area contributed by atoms with Gasteiger partial charge in [-0.25, -0.2) is 13.2 Å². The number of ether oxygens (including phenoxy) is 1. The Bertz CT molecular complexity index is 1240. The first-order valence-corrected chi connectivity index (χ1v) is 12.3. The van der Waals surface area contributed by atoms with Crippen molar-refractivity contribution in [2.24, 2.45) is 5.41 Å². The molecule has 6 heteroatoms. The summed E-state index contributed by atoms with van der Waals surface area (Å²) in [6.07, 6.45) is 0.850. The molecule has 1 aliphatic rings. The second-order valence-electron chi connectivity index (χ2n) is 10.2. The summed E-state index contributed by atoms with van der Waals surface area (Å²) >= 11 is 0. The second-order valence-corrected chi connectivity index (χ2v) is 10.2. The van der Waals surface area contributed by atoms with Gasteiger partial charge in [0.1, 0.15) is 18.2 Å². The van der Waals surface area contributed by atoms with E-state index in [0.29, 0.717) is 17.7 Å². The number of rotatable bonds is 9. The monoisotopic (exact) mass is 496 g/mol. The van der Waals surface area contributed by atoms with Gasteiger partial charge in [-0.3, -0.25) is 4.79 Å². The van der Waals surface area contributed by atoms with Crippen molar-refractivity contribution in [1.29, 1.82) is 0 Å². The van der Waals surface area contributed by atoms with Gasteiger partial charge in [0.2, 0.25) is 0 Å². The molecule has 0 radical (unpaired) electrons. The molecule has 0 spiro atoms. The lowest BCUT2D eigenvalue weighted by atomic mass is 9.75. The Morgan fingerprint density at radius 3 is 2.56 bits per heavy atom. The van der Waals surface area contributed by atoms with Crippen molar-refractivity contribution in [3.8, 4) is 16.9 Å². The predicted octanol–water partition coefficient (Wildman–Crippen LogP) is 8.32. The van der Waals surface area contributed by atoms with Gasteiger partial charge in [0, 0.05) is 17.5 Å². The molecule has 4 rings (SSSR count). The summed E-state index contributed by atoms with van der Waals surface area (Å²) in [5.74, 6) is -0.556. The molecule has 1 atom stereocenters. The Balaban J connectivity index is 1.65. The third-order valence-electron chi connectivity index (χ3n) is 7.21. The van der Waals surface area contributed by atoms with Crippen LogP contribution in [0.5, 0.6) is 5.75 Å². The zero-order valence-corrected chi connectivity index (χ0v) is 20.6. The van der Waals surface area contributed by atoms with Gasteiger partial charge in [0.15, 0.2) is 0 Å². The molecule has 3 aromatic carbocycles. The normalized spacial score (nSPS) is 16.9. The summed E-state index contributed by atoms with van der Waals surface area (Å²) in [4.78, 5) is 10.9. The third kappa shape index (κ3) is 5.92. The van der Waals surface area contributed by atoms with E-state index in [9.17, 15) is 18.0 Å². The van der Waals surface area contributed by atoms with Crippen LogP contribution in [0.2, 0.25) is 0 Å². The summed E-state index contributed by atoms with van der Waals surface area (Å²) in [5.41, 5.74) is 3.39. The molecular weight excluding hydrogens is 465 g/mol. The van der Waals surface area contributed by atoms with Gasteiger partial charge in [-0.2, -0.15) is 0 Å². The second kappa shape index (κ2) is 10.8. The van der Waals surface area contributed by atoms with Gasteiger partial charge in [-0.05, 0) is 77.1 Å². The van der Waals surface area contributed by atoms with Gasteiger partial charge in [0.05, 0.1) is 0 Å². The van der Waals surface area contributed by atoms with Crippen LogP contribution in [0.4, 0.5) is 13.2 Å². The summed E-state index contributed by atoms with van der Waals surface area (Å²) in [6, 6.07) is 16.6. The summed E-state index contributed by atoms with van der Waals surface area (Å²) in [6.45, 7) is 4.68. The van der Waals surface area contributed by atoms with E-state index in [1.54, 1.807) is 0 Å². The standard InChI is InChI=1S/C30H31F3O3/c1-30(2)14-4-7-26(30)24-16-20(18-36-22-6-3-5-19(15-22)9-13-28(34)35)8-11-23(24)25-17-21(29(32)33)10-12-27(25)31/h3,5-6,8,10-12,15-17,26,29H,4,7,9,13-14,18H2,1-2H3,(H,34,35). The molecule has 1 unspecified atom stereocenters. The summed E-state index contributed by atoms with van der Waals surface area (Å²) < 4.78 is 47.7. The Morgan fingerprint density at radius 1 is 1.06 bits per heavy atom. The Kier molecular flexibility index (Phi) is 7.72. The molecule has 1 aliphatic carbocycles. The lowest BCUT2D eigenvalue weighted by molar-refractivity contribution is -0.136. The molecule has 1 fully saturated rings. The minimum absolute atomic E-state index is 0.00348. The van der Waals surface area contributed by atoms with Gasteiger partial charge >= 0.3 is 5.97 Å². The summed E-state index contributed by atoms with van der Waals surface area (Å²) in [5, 5.41) is 8.92. The van der Waals surface area contributed by atoms with Crippen LogP contribution >= 0.6 is 0 Å². The first kappa shape index (κ1) is 25.8. The fourth-order valence-electron chi connectivity index (χ4n) is 5.23. The number of halogens is 3. The Morgan fingerprint density at radius 2 is 1.86 bits per heavy atom. The first-order chi connectivity index (χ1) is 17.1. The third-order valence-corrected chi connectivity index (χ3v) is 7.21. The largest absolute Gasteiger partial charge is 0.489 e. The molecule has 36 heavy (non-hydrogen) atoms. The molecule has 0 bridgehead atoms. The molecule has 0 saturated heterocycles. The zero-order chi connectivity index (χ0) is 25.9. The molecule has 1 saturated carbocycles. The number of hydrogen-bond donors (Lipinski definition) is 1. The van der Waals surface area contributed by atoms with Crippen LogP contribution in [0.3, 0.4) is 0 Å². The van der Waals surface area contributed by atoms with E-state index >= 15 is 0 Å². The van der Waals surface area contributed by atoms with E-state index in [-0.39, 0.29) is 35.5 Å². The molecule has 190 valence electrons. The van der Waals surface area contributed by atoms with Gasteiger partial charge in [-0.1, -0.05) is 56.7 Å². The van der Waals surface area contributed by atoms with E-state index < -0.39 is 18.2 Å². The molecule has 1 N–H and O–H groups in total.